The molecule has 2 aromatic rings. The number of halogens is 1. The molecule has 0 aliphatic carbocycles. The zero-order valence-corrected chi connectivity index (χ0v) is 14.2. The third-order valence-electron chi connectivity index (χ3n) is 3.30. The van der Waals surface area contributed by atoms with Crippen LogP contribution in [0.3, 0.4) is 0 Å². The van der Waals surface area contributed by atoms with E-state index in [2.05, 4.69) is 4.72 Å². The van der Waals surface area contributed by atoms with Crippen LogP contribution in [0.15, 0.2) is 53.4 Å². The lowest BCUT2D eigenvalue weighted by molar-refractivity contribution is -0.384. The van der Waals surface area contributed by atoms with Crippen LogP contribution in [0.4, 0.5) is 5.69 Å². The number of nitro groups is 1. The van der Waals surface area contributed by atoms with E-state index in [-0.39, 0.29) is 9.92 Å². The summed E-state index contributed by atoms with van der Waals surface area (Å²) >= 11 is 5.68. The minimum atomic E-state index is -4.20. The van der Waals surface area contributed by atoms with Crippen LogP contribution in [-0.2, 0) is 14.8 Å². The monoisotopic (exact) mass is 384 g/mol. The van der Waals surface area contributed by atoms with Crippen molar-refractivity contribution in [3.8, 4) is 0 Å². The van der Waals surface area contributed by atoms with Crippen molar-refractivity contribution < 1.29 is 23.2 Å². The molecule has 2 aromatic carbocycles. The van der Waals surface area contributed by atoms with Gasteiger partial charge in [0.2, 0.25) is 10.0 Å². The van der Waals surface area contributed by atoms with Gasteiger partial charge in [0, 0.05) is 6.07 Å². The lowest BCUT2D eigenvalue weighted by Crippen LogP contribution is -2.30. The summed E-state index contributed by atoms with van der Waals surface area (Å²) in [6, 6.07) is 10.2. The first-order valence-corrected chi connectivity index (χ1v) is 8.80. The fourth-order valence-electron chi connectivity index (χ4n) is 2.14. The summed E-state index contributed by atoms with van der Waals surface area (Å²) in [5.74, 6) is -1.20. The van der Waals surface area contributed by atoms with Gasteiger partial charge in [-0.05, 0) is 17.7 Å². The molecule has 0 saturated heterocycles. The van der Waals surface area contributed by atoms with E-state index in [1.54, 1.807) is 30.3 Å². The highest BCUT2D eigenvalue weighted by atomic mass is 35.5. The van der Waals surface area contributed by atoms with E-state index in [4.69, 9.17) is 16.7 Å². The number of nitrogens with one attached hydrogen (secondary N) is 1. The van der Waals surface area contributed by atoms with Crippen molar-refractivity contribution in [3.63, 3.8) is 0 Å². The highest BCUT2D eigenvalue weighted by Gasteiger charge is 2.26. The van der Waals surface area contributed by atoms with Crippen LogP contribution in [0.5, 0.6) is 0 Å². The average molecular weight is 385 g/mol. The average Bonchev–Trinajstić information content (AvgIpc) is 2.54. The van der Waals surface area contributed by atoms with Crippen LogP contribution in [0, 0.1) is 10.1 Å². The van der Waals surface area contributed by atoms with Gasteiger partial charge in [-0.25, -0.2) is 13.1 Å². The zero-order valence-electron chi connectivity index (χ0n) is 12.6. The van der Waals surface area contributed by atoms with E-state index in [1.165, 1.54) is 0 Å². The first kappa shape index (κ1) is 18.8. The maximum absolute atomic E-state index is 12.5. The quantitative estimate of drug-likeness (QED) is 0.558. The summed E-state index contributed by atoms with van der Waals surface area (Å²) in [6.07, 6.45) is -0.487. The number of carbonyl (C=O) groups is 1. The summed E-state index contributed by atoms with van der Waals surface area (Å²) in [7, 11) is -4.20. The molecule has 25 heavy (non-hydrogen) atoms. The minimum absolute atomic E-state index is 0.200. The van der Waals surface area contributed by atoms with Crippen LogP contribution in [-0.4, -0.2) is 24.4 Å². The Kier molecular flexibility index (Phi) is 5.73. The van der Waals surface area contributed by atoms with E-state index < -0.39 is 39.1 Å². The van der Waals surface area contributed by atoms with E-state index >= 15 is 0 Å². The standard InChI is InChI=1S/C15H13ClN2O6S/c16-12-7-6-11(8-14(12)18(21)22)25(23,24)17-13(9-15(19)20)10-4-2-1-3-5-10/h1-8,13,17H,9H2,(H,19,20)/t13-/m1/s1. The second kappa shape index (κ2) is 7.60. The third-order valence-corrected chi connectivity index (χ3v) is 5.09. The maximum atomic E-state index is 12.5. The van der Waals surface area contributed by atoms with Crippen molar-refractivity contribution in [2.45, 2.75) is 17.4 Å². The van der Waals surface area contributed by atoms with Crippen LogP contribution in [0.1, 0.15) is 18.0 Å². The number of nitro benzene ring substituents is 1. The van der Waals surface area contributed by atoms with Crippen molar-refractivity contribution in [3.05, 3.63) is 69.2 Å². The number of benzene rings is 2. The van der Waals surface area contributed by atoms with Gasteiger partial charge in [0.05, 0.1) is 22.3 Å². The number of hydrogen-bond acceptors (Lipinski definition) is 5. The molecule has 8 nitrogen and oxygen atoms in total. The predicted molar refractivity (Wildman–Crippen MR) is 89.9 cm³/mol. The molecule has 132 valence electrons. The maximum Gasteiger partial charge on any atom is 0.305 e. The third kappa shape index (κ3) is 4.75. The second-order valence-corrected chi connectivity index (χ2v) is 7.17. The van der Waals surface area contributed by atoms with Gasteiger partial charge in [0.15, 0.2) is 0 Å². The van der Waals surface area contributed by atoms with E-state index in [1.807, 2.05) is 0 Å². The zero-order chi connectivity index (χ0) is 18.6. The van der Waals surface area contributed by atoms with Gasteiger partial charge in [-0.3, -0.25) is 14.9 Å². The Morgan fingerprint density at radius 2 is 1.88 bits per heavy atom. The largest absolute Gasteiger partial charge is 0.481 e. The second-order valence-electron chi connectivity index (χ2n) is 5.05. The Morgan fingerprint density at radius 1 is 1.24 bits per heavy atom. The van der Waals surface area contributed by atoms with Crippen molar-refractivity contribution in [1.82, 2.24) is 4.72 Å². The van der Waals surface area contributed by atoms with Gasteiger partial charge in [0.25, 0.3) is 5.69 Å². The first-order valence-electron chi connectivity index (χ1n) is 6.93. The molecule has 0 radical (unpaired) electrons. The number of carboxylic acid groups (broad SMARTS) is 1. The van der Waals surface area contributed by atoms with Crippen LogP contribution < -0.4 is 4.72 Å². The molecule has 0 bridgehead atoms. The van der Waals surface area contributed by atoms with Crippen molar-refractivity contribution >= 4 is 33.3 Å². The number of nitrogens with zero attached hydrogens (tertiary/aromatic N) is 1. The Balaban J connectivity index is 2.39. The summed E-state index contributed by atoms with van der Waals surface area (Å²) in [4.78, 5) is 20.8. The van der Waals surface area contributed by atoms with Crippen LogP contribution in [0.2, 0.25) is 5.02 Å². The smallest absolute Gasteiger partial charge is 0.305 e. The molecule has 0 spiro atoms. The summed E-state index contributed by atoms with van der Waals surface area (Å²) < 4.78 is 27.3. The summed E-state index contributed by atoms with van der Waals surface area (Å²) in [6.45, 7) is 0. The molecular weight excluding hydrogens is 372 g/mol. The number of hydrogen-bond donors (Lipinski definition) is 2. The number of sulfonamides is 1. The Bertz CT molecular complexity index is 901. The van der Waals surface area contributed by atoms with Gasteiger partial charge in [0.1, 0.15) is 5.02 Å². The van der Waals surface area contributed by atoms with Crippen LogP contribution >= 0.6 is 11.6 Å². The number of rotatable bonds is 7. The van der Waals surface area contributed by atoms with Crippen molar-refractivity contribution in [2.24, 2.45) is 0 Å². The van der Waals surface area contributed by atoms with E-state index in [0.717, 1.165) is 18.2 Å². The molecule has 0 fully saturated rings. The topological polar surface area (TPSA) is 127 Å². The molecule has 1 atom stereocenters. The van der Waals surface area contributed by atoms with E-state index in [0.29, 0.717) is 5.56 Å². The SMILES string of the molecule is O=C(O)C[C@@H](NS(=O)(=O)c1ccc(Cl)c([N+](=O)[O-])c1)c1ccccc1. The lowest BCUT2D eigenvalue weighted by atomic mass is 10.1. The van der Waals surface area contributed by atoms with Gasteiger partial charge >= 0.3 is 5.97 Å². The molecule has 0 aliphatic rings. The fourth-order valence-corrected chi connectivity index (χ4v) is 3.57. The molecule has 0 heterocycles. The number of aliphatic carboxylic acids is 1. The predicted octanol–water partition coefficient (Wildman–Crippen LogP) is 2.74. The van der Waals surface area contributed by atoms with Gasteiger partial charge in [-0.15, -0.1) is 0 Å². The molecular formula is C15H13ClN2O6S. The highest BCUT2D eigenvalue weighted by Crippen LogP contribution is 2.28. The van der Waals surface area contributed by atoms with Gasteiger partial charge < -0.3 is 5.11 Å². The summed E-state index contributed by atoms with van der Waals surface area (Å²) in [5, 5.41) is 19.7. The van der Waals surface area contributed by atoms with E-state index in [9.17, 15) is 23.3 Å². The number of carboxylic acids is 1. The molecule has 0 saturated carbocycles. The minimum Gasteiger partial charge on any atom is -0.481 e. The van der Waals surface area contributed by atoms with Gasteiger partial charge in [-0.2, -0.15) is 0 Å². The fraction of sp³-hybridized carbons (Fsp3) is 0.133. The first-order chi connectivity index (χ1) is 11.7. The van der Waals surface area contributed by atoms with Crippen molar-refractivity contribution in [1.29, 1.82) is 0 Å². The molecule has 0 amide bonds. The van der Waals surface area contributed by atoms with Crippen molar-refractivity contribution in [2.75, 3.05) is 0 Å². The van der Waals surface area contributed by atoms with Gasteiger partial charge in [-0.1, -0.05) is 41.9 Å². The lowest BCUT2D eigenvalue weighted by Gasteiger charge is -2.17. The normalized spacial score (nSPS) is 12.5. The molecule has 0 unspecified atom stereocenters. The molecule has 0 aliphatic heterocycles. The molecule has 10 heteroatoms. The summed E-state index contributed by atoms with van der Waals surface area (Å²) in [5.41, 5.74) is -0.101. The Labute approximate surface area is 148 Å². The molecule has 0 aromatic heterocycles. The molecule has 2 N–H and O–H groups in total. The molecule has 2 rings (SSSR count). The highest BCUT2D eigenvalue weighted by molar-refractivity contribution is 7.89. The Hall–Kier alpha value is -2.49. The Morgan fingerprint density at radius 3 is 2.44 bits per heavy atom. The van der Waals surface area contributed by atoms with Crippen LogP contribution in [0.25, 0.3) is 0 Å².